The monoisotopic (exact) mass is 307 g/mol. The lowest BCUT2D eigenvalue weighted by Gasteiger charge is -2.15. The van der Waals surface area contributed by atoms with Crippen molar-refractivity contribution in [2.75, 3.05) is 6.54 Å². The van der Waals surface area contributed by atoms with Crippen LogP contribution in [0.15, 0.2) is 53.7 Å². The summed E-state index contributed by atoms with van der Waals surface area (Å²) >= 11 is 0. The van der Waals surface area contributed by atoms with Crippen molar-refractivity contribution < 1.29 is 0 Å². The molecule has 0 amide bonds. The van der Waals surface area contributed by atoms with E-state index in [1.54, 1.807) is 24.0 Å². The topological polar surface area (TPSA) is 46.9 Å². The Balaban J connectivity index is 2.20. The molecule has 2 heterocycles. The molecule has 3 aromatic rings. The van der Waals surface area contributed by atoms with Gasteiger partial charge in [0.1, 0.15) is 0 Å². The van der Waals surface area contributed by atoms with Gasteiger partial charge in [0.2, 0.25) is 0 Å². The van der Waals surface area contributed by atoms with Crippen LogP contribution in [-0.4, -0.2) is 16.1 Å². The van der Waals surface area contributed by atoms with Gasteiger partial charge in [-0.1, -0.05) is 25.1 Å². The molecule has 0 radical (unpaired) electrons. The van der Waals surface area contributed by atoms with E-state index in [0.29, 0.717) is 11.4 Å². The van der Waals surface area contributed by atoms with Crippen molar-refractivity contribution in [3.8, 4) is 11.1 Å². The van der Waals surface area contributed by atoms with Crippen LogP contribution in [0, 0.1) is 0 Å². The maximum Gasteiger partial charge on any atom is 0.259 e. The first kappa shape index (κ1) is 15.4. The number of nitrogens with one attached hydrogen (secondary N) is 1. The highest BCUT2D eigenvalue weighted by Crippen LogP contribution is 2.28. The molecule has 0 saturated carbocycles. The summed E-state index contributed by atoms with van der Waals surface area (Å²) in [4.78, 5) is 16.4. The van der Waals surface area contributed by atoms with Gasteiger partial charge >= 0.3 is 0 Å². The number of nitrogens with zero attached hydrogens (tertiary/aromatic N) is 2. The predicted molar refractivity (Wildman–Crippen MR) is 94.5 cm³/mol. The Morgan fingerprint density at radius 2 is 2.09 bits per heavy atom. The van der Waals surface area contributed by atoms with Crippen LogP contribution in [0.25, 0.3) is 21.9 Å². The Kier molecular flexibility index (Phi) is 4.26. The van der Waals surface area contributed by atoms with Gasteiger partial charge in [0.25, 0.3) is 5.56 Å². The highest BCUT2D eigenvalue weighted by atomic mass is 16.1. The Hall–Kier alpha value is -2.46. The van der Waals surface area contributed by atoms with Gasteiger partial charge in [-0.25, -0.2) is 0 Å². The maximum atomic E-state index is 12.3. The normalized spacial score (nSPS) is 12.5. The number of hydrogen-bond donors (Lipinski definition) is 1. The molecule has 23 heavy (non-hydrogen) atoms. The fourth-order valence-corrected chi connectivity index (χ4v) is 2.94. The lowest BCUT2D eigenvalue weighted by Crippen LogP contribution is -2.18. The quantitative estimate of drug-likeness (QED) is 0.804. The fraction of sp³-hybridized carbons (Fsp3) is 0.263. The summed E-state index contributed by atoms with van der Waals surface area (Å²) in [5, 5.41) is 5.02. The fourth-order valence-electron chi connectivity index (χ4n) is 2.94. The molecule has 4 nitrogen and oxygen atoms in total. The third kappa shape index (κ3) is 2.90. The summed E-state index contributed by atoms with van der Waals surface area (Å²) < 4.78 is 1.62. The molecule has 118 valence electrons. The van der Waals surface area contributed by atoms with Gasteiger partial charge in [-0.2, -0.15) is 0 Å². The Labute approximate surface area is 135 Å². The first-order valence-electron chi connectivity index (χ1n) is 7.89. The molecule has 0 bridgehead atoms. The van der Waals surface area contributed by atoms with Crippen LogP contribution in [0.1, 0.15) is 25.5 Å². The van der Waals surface area contributed by atoms with E-state index in [1.807, 2.05) is 12.3 Å². The lowest BCUT2D eigenvalue weighted by molar-refractivity contribution is 0.598. The zero-order valence-electron chi connectivity index (χ0n) is 13.7. The maximum absolute atomic E-state index is 12.3. The number of aromatic nitrogens is 2. The number of benzene rings is 1. The van der Waals surface area contributed by atoms with Crippen LogP contribution in [0.4, 0.5) is 0 Å². The molecule has 3 rings (SSSR count). The Morgan fingerprint density at radius 1 is 1.26 bits per heavy atom. The van der Waals surface area contributed by atoms with Gasteiger partial charge in [0.15, 0.2) is 0 Å². The molecular formula is C19H21N3O. The second kappa shape index (κ2) is 6.34. The summed E-state index contributed by atoms with van der Waals surface area (Å²) in [6, 6.07) is 10.7. The second-order valence-corrected chi connectivity index (χ2v) is 5.78. The molecule has 0 aliphatic heterocycles. The van der Waals surface area contributed by atoms with Crippen LogP contribution in [0.3, 0.4) is 0 Å². The van der Waals surface area contributed by atoms with E-state index in [9.17, 15) is 4.79 Å². The van der Waals surface area contributed by atoms with Crippen molar-refractivity contribution in [2.45, 2.75) is 19.9 Å². The summed E-state index contributed by atoms with van der Waals surface area (Å²) in [6.07, 6.45) is 5.28. The van der Waals surface area contributed by atoms with E-state index >= 15 is 0 Å². The van der Waals surface area contributed by atoms with E-state index in [2.05, 4.69) is 48.4 Å². The van der Waals surface area contributed by atoms with Gasteiger partial charge in [0, 0.05) is 37.2 Å². The summed E-state index contributed by atoms with van der Waals surface area (Å²) in [5.41, 5.74) is 3.38. The number of hydrogen-bond acceptors (Lipinski definition) is 3. The SMILES string of the molecule is CCNC(C)c1cccc(-c2cn(C)c(=O)c3cnccc23)c1. The third-order valence-electron chi connectivity index (χ3n) is 4.19. The molecule has 0 saturated heterocycles. The molecule has 0 aliphatic carbocycles. The zero-order valence-corrected chi connectivity index (χ0v) is 13.7. The van der Waals surface area contributed by atoms with Gasteiger partial charge in [-0.3, -0.25) is 9.78 Å². The van der Waals surface area contributed by atoms with Crippen molar-refractivity contribution >= 4 is 10.8 Å². The Bertz CT molecular complexity index is 899. The summed E-state index contributed by atoms with van der Waals surface area (Å²) in [6.45, 7) is 5.19. The van der Waals surface area contributed by atoms with Crippen LogP contribution in [0.2, 0.25) is 0 Å². The lowest BCUT2D eigenvalue weighted by atomic mass is 9.98. The molecule has 0 spiro atoms. The van der Waals surface area contributed by atoms with Crippen molar-refractivity contribution in [1.29, 1.82) is 0 Å². The molecule has 1 aromatic carbocycles. The predicted octanol–water partition coefficient (Wildman–Crippen LogP) is 3.27. The second-order valence-electron chi connectivity index (χ2n) is 5.78. The molecule has 1 unspecified atom stereocenters. The summed E-state index contributed by atoms with van der Waals surface area (Å²) in [7, 11) is 1.78. The number of pyridine rings is 2. The minimum Gasteiger partial charge on any atom is -0.317 e. The summed E-state index contributed by atoms with van der Waals surface area (Å²) in [5.74, 6) is 0. The van der Waals surface area contributed by atoms with Crippen molar-refractivity contribution in [1.82, 2.24) is 14.9 Å². The van der Waals surface area contributed by atoms with Gasteiger partial charge in [-0.15, -0.1) is 0 Å². The molecule has 4 heteroatoms. The average Bonchev–Trinajstić information content (AvgIpc) is 2.58. The highest BCUT2D eigenvalue weighted by Gasteiger charge is 2.11. The standard InChI is InChI=1S/C19H21N3O/c1-4-21-13(2)14-6-5-7-15(10-14)18-12-22(3)19(23)17-11-20-9-8-16(17)18/h5-13,21H,4H2,1-3H3. The first-order valence-corrected chi connectivity index (χ1v) is 7.89. The van der Waals surface area contributed by atoms with E-state index < -0.39 is 0 Å². The van der Waals surface area contributed by atoms with Gasteiger partial charge < -0.3 is 9.88 Å². The Morgan fingerprint density at radius 3 is 2.87 bits per heavy atom. The van der Waals surface area contributed by atoms with E-state index in [0.717, 1.165) is 23.1 Å². The van der Waals surface area contributed by atoms with Crippen molar-refractivity contribution in [3.63, 3.8) is 0 Å². The molecule has 0 aliphatic rings. The van der Waals surface area contributed by atoms with E-state index in [-0.39, 0.29) is 5.56 Å². The number of rotatable bonds is 4. The molecule has 1 atom stereocenters. The van der Waals surface area contributed by atoms with E-state index in [4.69, 9.17) is 0 Å². The zero-order chi connectivity index (χ0) is 16.4. The van der Waals surface area contributed by atoms with Crippen molar-refractivity contribution in [2.24, 2.45) is 7.05 Å². The smallest absolute Gasteiger partial charge is 0.259 e. The molecular weight excluding hydrogens is 286 g/mol. The largest absolute Gasteiger partial charge is 0.317 e. The number of aryl methyl sites for hydroxylation is 1. The minimum absolute atomic E-state index is 0.0194. The van der Waals surface area contributed by atoms with Crippen LogP contribution in [-0.2, 0) is 7.05 Å². The molecule has 1 N–H and O–H groups in total. The molecule has 2 aromatic heterocycles. The first-order chi connectivity index (χ1) is 11.1. The highest BCUT2D eigenvalue weighted by molar-refractivity contribution is 5.95. The van der Waals surface area contributed by atoms with Crippen molar-refractivity contribution in [3.05, 3.63) is 64.8 Å². The van der Waals surface area contributed by atoms with Gasteiger partial charge in [-0.05, 0) is 42.1 Å². The van der Waals surface area contributed by atoms with Crippen LogP contribution >= 0.6 is 0 Å². The minimum atomic E-state index is -0.0194. The van der Waals surface area contributed by atoms with Crippen LogP contribution in [0.5, 0.6) is 0 Å². The van der Waals surface area contributed by atoms with Crippen LogP contribution < -0.4 is 10.9 Å². The molecule has 0 fully saturated rings. The van der Waals surface area contributed by atoms with Gasteiger partial charge in [0.05, 0.1) is 5.39 Å². The average molecular weight is 307 g/mol. The third-order valence-corrected chi connectivity index (χ3v) is 4.19. The number of fused-ring (bicyclic) bond motifs is 1. The van der Waals surface area contributed by atoms with E-state index in [1.165, 1.54) is 5.56 Å².